The molecule has 0 saturated heterocycles. The van der Waals surface area contributed by atoms with Gasteiger partial charge in [-0.2, -0.15) is 0 Å². The molecule has 0 bridgehead atoms. The number of nitrogens with two attached hydrogens (primary N) is 1. The summed E-state index contributed by atoms with van der Waals surface area (Å²) < 4.78 is 23.9. The molecule has 1 atom stereocenters. The molecule has 0 aromatic heterocycles. The van der Waals surface area contributed by atoms with E-state index in [0.717, 1.165) is 24.0 Å². The molecule has 1 rings (SSSR count). The molecular weight excluding hydrogens is 246 g/mol. The number of hydrogen-bond donors (Lipinski definition) is 1. The quantitative estimate of drug-likeness (QED) is 0.827. The molecule has 0 heterocycles. The predicted molar refractivity (Wildman–Crippen MR) is 76.2 cm³/mol. The van der Waals surface area contributed by atoms with Gasteiger partial charge < -0.3 is 5.73 Å². The lowest BCUT2D eigenvalue weighted by atomic mass is 10.1. The van der Waals surface area contributed by atoms with Gasteiger partial charge in [-0.3, -0.25) is 0 Å². The SMILES string of the molecule is CCC(N)CCCS(=O)(=O)Cc1cccc(C)c1. The smallest absolute Gasteiger partial charge is 0.154 e. The minimum Gasteiger partial charge on any atom is -0.328 e. The van der Waals surface area contributed by atoms with Gasteiger partial charge >= 0.3 is 0 Å². The molecule has 18 heavy (non-hydrogen) atoms. The Labute approximate surface area is 110 Å². The van der Waals surface area contributed by atoms with E-state index >= 15 is 0 Å². The molecule has 0 spiro atoms. The first kappa shape index (κ1) is 15.2. The number of hydrogen-bond acceptors (Lipinski definition) is 3. The Hall–Kier alpha value is -0.870. The van der Waals surface area contributed by atoms with Crippen LogP contribution in [-0.4, -0.2) is 20.2 Å². The highest BCUT2D eigenvalue weighted by Gasteiger charge is 2.12. The average molecular weight is 269 g/mol. The first-order valence-electron chi connectivity index (χ1n) is 6.44. The highest BCUT2D eigenvalue weighted by atomic mass is 32.2. The number of sulfone groups is 1. The van der Waals surface area contributed by atoms with E-state index in [1.807, 2.05) is 38.1 Å². The summed E-state index contributed by atoms with van der Waals surface area (Å²) >= 11 is 0. The van der Waals surface area contributed by atoms with Crippen molar-refractivity contribution in [2.45, 2.75) is 44.9 Å². The van der Waals surface area contributed by atoms with E-state index in [1.54, 1.807) is 0 Å². The molecule has 102 valence electrons. The zero-order valence-electron chi connectivity index (χ0n) is 11.2. The Morgan fingerprint density at radius 2 is 2.06 bits per heavy atom. The predicted octanol–water partition coefficient (Wildman–Crippen LogP) is 2.43. The standard InChI is InChI=1S/C14H23NO2S/c1-3-14(15)8-5-9-18(16,17)11-13-7-4-6-12(2)10-13/h4,6-7,10,14H,3,5,8-9,11,15H2,1-2H3. The molecule has 0 fully saturated rings. The van der Waals surface area contributed by atoms with Crippen LogP contribution in [0, 0.1) is 6.92 Å². The van der Waals surface area contributed by atoms with E-state index in [0.29, 0.717) is 6.42 Å². The van der Waals surface area contributed by atoms with Crippen LogP contribution in [0.25, 0.3) is 0 Å². The average Bonchev–Trinajstić information content (AvgIpc) is 2.27. The van der Waals surface area contributed by atoms with Crippen LogP contribution in [0.2, 0.25) is 0 Å². The number of benzene rings is 1. The third-order valence-corrected chi connectivity index (χ3v) is 4.71. The van der Waals surface area contributed by atoms with Crippen molar-refractivity contribution in [1.29, 1.82) is 0 Å². The van der Waals surface area contributed by atoms with Crippen molar-refractivity contribution in [3.63, 3.8) is 0 Å². The summed E-state index contributed by atoms with van der Waals surface area (Å²) in [5.41, 5.74) is 7.74. The molecule has 2 N–H and O–H groups in total. The van der Waals surface area contributed by atoms with E-state index in [-0.39, 0.29) is 17.5 Å². The second kappa shape index (κ2) is 6.90. The molecule has 0 aliphatic heterocycles. The Morgan fingerprint density at radius 1 is 1.33 bits per heavy atom. The normalized spacial score (nSPS) is 13.5. The van der Waals surface area contributed by atoms with Crippen LogP contribution in [0.1, 0.15) is 37.3 Å². The van der Waals surface area contributed by atoms with Crippen LogP contribution >= 0.6 is 0 Å². The van der Waals surface area contributed by atoms with Gasteiger partial charge in [0.1, 0.15) is 0 Å². The molecule has 1 unspecified atom stereocenters. The van der Waals surface area contributed by atoms with E-state index in [1.165, 1.54) is 0 Å². The minimum absolute atomic E-state index is 0.124. The van der Waals surface area contributed by atoms with E-state index < -0.39 is 9.84 Å². The molecule has 1 aromatic carbocycles. The number of rotatable bonds is 7. The molecule has 0 amide bonds. The van der Waals surface area contributed by atoms with Crippen LogP contribution in [0.15, 0.2) is 24.3 Å². The van der Waals surface area contributed by atoms with Crippen molar-refractivity contribution in [3.05, 3.63) is 35.4 Å². The molecule has 0 saturated carbocycles. The lowest BCUT2D eigenvalue weighted by molar-refractivity contribution is 0.567. The van der Waals surface area contributed by atoms with Gasteiger partial charge in [-0.25, -0.2) is 8.42 Å². The summed E-state index contributed by atoms with van der Waals surface area (Å²) in [4.78, 5) is 0. The summed E-state index contributed by atoms with van der Waals surface area (Å²) in [6.45, 7) is 3.99. The second-order valence-corrected chi connectivity index (χ2v) is 7.08. The Morgan fingerprint density at radius 3 is 2.67 bits per heavy atom. The van der Waals surface area contributed by atoms with Gasteiger partial charge in [0.25, 0.3) is 0 Å². The van der Waals surface area contributed by atoms with Crippen LogP contribution < -0.4 is 5.73 Å². The van der Waals surface area contributed by atoms with Gasteiger partial charge in [0.05, 0.1) is 11.5 Å². The van der Waals surface area contributed by atoms with Gasteiger partial charge in [-0.1, -0.05) is 36.8 Å². The van der Waals surface area contributed by atoms with Gasteiger partial charge in [-0.05, 0) is 31.7 Å². The van der Waals surface area contributed by atoms with Gasteiger partial charge in [0, 0.05) is 6.04 Å². The van der Waals surface area contributed by atoms with Crippen molar-refractivity contribution in [2.75, 3.05) is 5.75 Å². The second-order valence-electron chi connectivity index (χ2n) is 4.89. The zero-order valence-corrected chi connectivity index (χ0v) is 12.0. The largest absolute Gasteiger partial charge is 0.328 e. The topological polar surface area (TPSA) is 60.2 Å². The van der Waals surface area contributed by atoms with Gasteiger partial charge in [0.2, 0.25) is 0 Å². The van der Waals surface area contributed by atoms with Gasteiger partial charge in [0.15, 0.2) is 9.84 Å². The van der Waals surface area contributed by atoms with Crippen molar-refractivity contribution in [2.24, 2.45) is 5.73 Å². The molecular formula is C14H23NO2S. The van der Waals surface area contributed by atoms with Gasteiger partial charge in [-0.15, -0.1) is 0 Å². The van der Waals surface area contributed by atoms with Crippen LogP contribution in [-0.2, 0) is 15.6 Å². The summed E-state index contributed by atoms with van der Waals surface area (Å²) in [6, 6.07) is 7.78. The Kier molecular flexibility index (Phi) is 5.82. The third-order valence-electron chi connectivity index (χ3n) is 3.02. The fourth-order valence-corrected chi connectivity index (χ4v) is 3.34. The Bertz CT molecular complexity index is 468. The summed E-state index contributed by atoms with van der Waals surface area (Å²) in [5, 5.41) is 0. The molecule has 4 heteroatoms. The van der Waals surface area contributed by atoms with Crippen molar-refractivity contribution in [1.82, 2.24) is 0 Å². The van der Waals surface area contributed by atoms with E-state index in [2.05, 4.69) is 0 Å². The van der Waals surface area contributed by atoms with Crippen LogP contribution in [0.3, 0.4) is 0 Å². The molecule has 1 aromatic rings. The molecule has 0 aliphatic rings. The monoisotopic (exact) mass is 269 g/mol. The fourth-order valence-electron chi connectivity index (χ4n) is 1.90. The van der Waals surface area contributed by atoms with E-state index in [4.69, 9.17) is 5.73 Å². The zero-order chi connectivity index (χ0) is 13.6. The lowest BCUT2D eigenvalue weighted by Gasteiger charge is -2.09. The molecule has 3 nitrogen and oxygen atoms in total. The summed E-state index contributed by atoms with van der Waals surface area (Å²) in [6.07, 6.45) is 2.34. The first-order valence-corrected chi connectivity index (χ1v) is 8.26. The maximum absolute atomic E-state index is 11.9. The maximum Gasteiger partial charge on any atom is 0.154 e. The minimum atomic E-state index is -3.01. The number of aryl methyl sites for hydroxylation is 1. The van der Waals surface area contributed by atoms with Crippen LogP contribution in [0.5, 0.6) is 0 Å². The summed E-state index contributed by atoms with van der Waals surface area (Å²) in [7, 11) is -3.01. The third kappa shape index (κ3) is 5.65. The van der Waals surface area contributed by atoms with E-state index in [9.17, 15) is 8.42 Å². The van der Waals surface area contributed by atoms with Crippen LogP contribution in [0.4, 0.5) is 0 Å². The summed E-state index contributed by atoms with van der Waals surface area (Å²) in [5.74, 6) is 0.366. The molecule has 0 radical (unpaired) electrons. The fraction of sp³-hybridized carbons (Fsp3) is 0.571. The maximum atomic E-state index is 11.9. The van der Waals surface area contributed by atoms with Crippen molar-refractivity contribution < 1.29 is 8.42 Å². The molecule has 0 aliphatic carbocycles. The highest BCUT2D eigenvalue weighted by Crippen LogP contribution is 2.11. The van der Waals surface area contributed by atoms with Crippen molar-refractivity contribution >= 4 is 9.84 Å². The Balaban J connectivity index is 2.50. The lowest BCUT2D eigenvalue weighted by Crippen LogP contribution is -2.20. The highest BCUT2D eigenvalue weighted by molar-refractivity contribution is 7.90. The van der Waals surface area contributed by atoms with Crippen molar-refractivity contribution in [3.8, 4) is 0 Å². The first-order chi connectivity index (χ1) is 8.43.